The summed E-state index contributed by atoms with van der Waals surface area (Å²) in [7, 11) is 0. The van der Waals surface area contributed by atoms with Crippen LogP contribution in [0.1, 0.15) is 25.6 Å². The summed E-state index contributed by atoms with van der Waals surface area (Å²) < 4.78 is 15.4. The molecule has 1 radical (unpaired) electrons. The van der Waals surface area contributed by atoms with Crippen molar-refractivity contribution in [2.45, 2.75) is 19.9 Å². The average molecular weight is 278 g/mol. The van der Waals surface area contributed by atoms with Gasteiger partial charge in [-0.1, -0.05) is 36.9 Å². The lowest BCUT2D eigenvalue weighted by atomic mass is 10.0. The zero-order valence-corrected chi connectivity index (χ0v) is 12.2. The number of benzene rings is 2. The van der Waals surface area contributed by atoms with Crippen LogP contribution in [0.25, 0.3) is 28.1 Å². The molecule has 0 amide bonds. The molecule has 105 valence electrons. The SMILES string of the molecule is [CH]=Cc1c(-c2ccc(F)cc2)c2ccccc2n1C(C)C. The second kappa shape index (κ2) is 5.21. The number of hydrogen-bond acceptors (Lipinski definition) is 0. The molecule has 0 aliphatic carbocycles. The van der Waals surface area contributed by atoms with Crippen LogP contribution in [-0.2, 0) is 0 Å². The van der Waals surface area contributed by atoms with Gasteiger partial charge in [0, 0.05) is 28.2 Å². The van der Waals surface area contributed by atoms with Crippen molar-refractivity contribution in [2.24, 2.45) is 0 Å². The van der Waals surface area contributed by atoms with Crippen molar-refractivity contribution in [2.75, 3.05) is 0 Å². The van der Waals surface area contributed by atoms with Crippen LogP contribution in [0.2, 0.25) is 0 Å². The van der Waals surface area contributed by atoms with Gasteiger partial charge in [-0.25, -0.2) is 4.39 Å². The van der Waals surface area contributed by atoms with Crippen LogP contribution in [0.5, 0.6) is 0 Å². The van der Waals surface area contributed by atoms with Gasteiger partial charge in [-0.2, -0.15) is 0 Å². The number of nitrogens with zero attached hydrogens (tertiary/aromatic N) is 1. The highest BCUT2D eigenvalue weighted by Crippen LogP contribution is 2.37. The Bertz CT molecular complexity index is 794. The zero-order valence-electron chi connectivity index (χ0n) is 12.2. The molecule has 3 rings (SSSR count). The smallest absolute Gasteiger partial charge is 0.123 e. The van der Waals surface area contributed by atoms with Gasteiger partial charge in [0.25, 0.3) is 0 Å². The Morgan fingerprint density at radius 1 is 1.05 bits per heavy atom. The van der Waals surface area contributed by atoms with Crippen molar-refractivity contribution in [3.63, 3.8) is 0 Å². The molecule has 0 spiro atoms. The second-order valence-corrected chi connectivity index (χ2v) is 5.41. The normalized spacial score (nSPS) is 11.2. The molecule has 2 aromatic carbocycles. The van der Waals surface area contributed by atoms with Gasteiger partial charge in [-0.15, -0.1) is 0 Å². The fourth-order valence-electron chi connectivity index (χ4n) is 2.92. The molecule has 0 aliphatic rings. The first-order chi connectivity index (χ1) is 10.1. The molecule has 0 atom stereocenters. The van der Waals surface area contributed by atoms with Crippen molar-refractivity contribution in [1.29, 1.82) is 0 Å². The minimum atomic E-state index is -0.232. The molecule has 1 aromatic heterocycles. The molecule has 0 saturated heterocycles. The van der Waals surface area contributed by atoms with Gasteiger partial charge in [-0.3, -0.25) is 0 Å². The molecule has 0 aliphatic heterocycles. The van der Waals surface area contributed by atoms with Gasteiger partial charge in [0.05, 0.1) is 0 Å². The number of halogens is 1. The quantitative estimate of drug-likeness (QED) is 0.598. The first kappa shape index (κ1) is 13.6. The predicted octanol–water partition coefficient (Wildman–Crippen LogP) is 5.47. The molecule has 0 saturated carbocycles. The monoisotopic (exact) mass is 278 g/mol. The van der Waals surface area contributed by atoms with Crippen LogP contribution in [0.4, 0.5) is 4.39 Å². The maximum atomic E-state index is 13.2. The Balaban J connectivity index is 2.41. The van der Waals surface area contributed by atoms with Crippen molar-refractivity contribution in [3.05, 3.63) is 66.6 Å². The minimum absolute atomic E-state index is 0.232. The Morgan fingerprint density at radius 3 is 2.33 bits per heavy atom. The van der Waals surface area contributed by atoms with Crippen LogP contribution in [0, 0.1) is 12.4 Å². The van der Waals surface area contributed by atoms with Gasteiger partial charge < -0.3 is 4.57 Å². The van der Waals surface area contributed by atoms with Crippen molar-refractivity contribution >= 4 is 17.0 Å². The standard InChI is InChI=1S/C19H17FN/c1-4-17-19(14-9-11-15(20)12-10-14)16-7-5-6-8-18(16)21(17)13(2)3/h1,4-13H,2-3H3. The molecule has 1 nitrogen and oxygen atoms in total. The minimum Gasteiger partial charge on any atom is -0.338 e. The number of hydrogen-bond donors (Lipinski definition) is 0. The third kappa shape index (κ3) is 2.17. The van der Waals surface area contributed by atoms with Crippen LogP contribution in [0.15, 0.2) is 48.5 Å². The molecule has 0 unspecified atom stereocenters. The van der Waals surface area contributed by atoms with Gasteiger partial charge >= 0.3 is 0 Å². The summed E-state index contributed by atoms with van der Waals surface area (Å²) in [5, 5.41) is 1.13. The lowest BCUT2D eigenvalue weighted by Crippen LogP contribution is -2.02. The molecule has 21 heavy (non-hydrogen) atoms. The zero-order chi connectivity index (χ0) is 15.0. The lowest BCUT2D eigenvalue weighted by Gasteiger charge is -2.13. The number of para-hydroxylation sites is 1. The van der Waals surface area contributed by atoms with E-state index in [0.717, 1.165) is 27.7 Å². The third-order valence-electron chi connectivity index (χ3n) is 3.76. The van der Waals surface area contributed by atoms with E-state index in [1.165, 1.54) is 12.1 Å². The Labute approximate surface area is 124 Å². The van der Waals surface area contributed by atoms with Gasteiger partial charge in [-0.05, 0) is 43.7 Å². The van der Waals surface area contributed by atoms with Crippen LogP contribution < -0.4 is 0 Å². The van der Waals surface area contributed by atoms with E-state index in [1.54, 1.807) is 18.2 Å². The summed E-state index contributed by atoms with van der Waals surface area (Å²) in [4.78, 5) is 0. The summed E-state index contributed by atoms with van der Waals surface area (Å²) in [5.41, 5.74) is 4.15. The van der Waals surface area contributed by atoms with Gasteiger partial charge in [0.1, 0.15) is 5.82 Å². The number of aromatic nitrogens is 1. The Morgan fingerprint density at radius 2 is 1.71 bits per heavy atom. The largest absolute Gasteiger partial charge is 0.338 e. The average Bonchev–Trinajstić information content (AvgIpc) is 2.82. The maximum Gasteiger partial charge on any atom is 0.123 e. The van der Waals surface area contributed by atoms with E-state index in [2.05, 4.69) is 30.5 Å². The molecule has 1 heterocycles. The first-order valence-corrected chi connectivity index (χ1v) is 7.07. The fraction of sp³-hybridized carbons (Fsp3) is 0.158. The van der Waals surface area contributed by atoms with E-state index >= 15 is 0 Å². The van der Waals surface area contributed by atoms with Crippen LogP contribution in [-0.4, -0.2) is 4.57 Å². The fourth-order valence-corrected chi connectivity index (χ4v) is 2.92. The lowest BCUT2D eigenvalue weighted by molar-refractivity contribution is 0.619. The van der Waals surface area contributed by atoms with E-state index in [1.807, 2.05) is 12.1 Å². The summed E-state index contributed by atoms with van der Waals surface area (Å²) in [6, 6.07) is 15.1. The molecular formula is C19H17FN. The van der Waals surface area contributed by atoms with E-state index in [0.29, 0.717) is 6.04 Å². The highest BCUT2D eigenvalue weighted by Gasteiger charge is 2.17. The molecular weight excluding hydrogens is 261 g/mol. The number of rotatable bonds is 3. The van der Waals surface area contributed by atoms with E-state index in [-0.39, 0.29) is 5.82 Å². The maximum absolute atomic E-state index is 13.2. The van der Waals surface area contributed by atoms with E-state index < -0.39 is 0 Å². The highest BCUT2D eigenvalue weighted by molar-refractivity contribution is 6.00. The molecule has 3 aromatic rings. The van der Waals surface area contributed by atoms with E-state index in [9.17, 15) is 4.39 Å². The second-order valence-electron chi connectivity index (χ2n) is 5.41. The summed E-state index contributed by atoms with van der Waals surface area (Å²) in [5.74, 6) is -0.232. The summed E-state index contributed by atoms with van der Waals surface area (Å²) in [6.07, 6.45) is 1.64. The van der Waals surface area contributed by atoms with E-state index in [4.69, 9.17) is 6.58 Å². The summed E-state index contributed by atoms with van der Waals surface area (Å²) >= 11 is 0. The number of fused-ring (bicyclic) bond motifs is 1. The van der Waals surface area contributed by atoms with Crippen LogP contribution >= 0.6 is 0 Å². The van der Waals surface area contributed by atoms with Gasteiger partial charge in [0.2, 0.25) is 0 Å². The van der Waals surface area contributed by atoms with Crippen molar-refractivity contribution < 1.29 is 4.39 Å². The summed E-state index contributed by atoms with van der Waals surface area (Å²) in [6.45, 7) is 10.2. The van der Waals surface area contributed by atoms with Crippen molar-refractivity contribution in [3.8, 4) is 11.1 Å². The van der Waals surface area contributed by atoms with Crippen molar-refractivity contribution in [1.82, 2.24) is 4.57 Å². The highest BCUT2D eigenvalue weighted by atomic mass is 19.1. The predicted molar refractivity (Wildman–Crippen MR) is 86.5 cm³/mol. The van der Waals surface area contributed by atoms with Crippen LogP contribution in [0.3, 0.4) is 0 Å². The molecule has 2 heteroatoms. The Hall–Kier alpha value is -2.35. The molecule has 0 bridgehead atoms. The third-order valence-corrected chi connectivity index (χ3v) is 3.76. The molecule has 0 fully saturated rings. The van der Waals surface area contributed by atoms with Gasteiger partial charge in [0.15, 0.2) is 0 Å². The topological polar surface area (TPSA) is 4.93 Å². The molecule has 0 N–H and O–H groups in total. The Kier molecular flexibility index (Phi) is 3.38. The first-order valence-electron chi connectivity index (χ1n) is 7.07.